The van der Waals surface area contributed by atoms with Crippen molar-refractivity contribution in [3.63, 3.8) is 0 Å². The van der Waals surface area contributed by atoms with Gasteiger partial charge in [0, 0.05) is 24.3 Å². The molecule has 1 amide bonds. The Morgan fingerprint density at radius 2 is 2.03 bits per heavy atom. The third-order valence-corrected chi connectivity index (χ3v) is 6.05. The Balaban J connectivity index is 0.00000240. The maximum atomic E-state index is 14.6. The van der Waals surface area contributed by atoms with Crippen LogP contribution in [0.5, 0.6) is 0 Å². The molecule has 2 aliphatic rings. The molecule has 158 valence electrons. The Bertz CT molecular complexity index is 874. The first kappa shape index (κ1) is 21.8. The molecular formula is C22H30ClFN4O. The molecule has 0 unspecified atom stereocenters. The van der Waals surface area contributed by atoms with Crippen LogP contribution in [0.4, 0.5) is 4.39 Å². The van der Waals surface area contributed by atoms with Crippen LogP contribution in [0, 0.1) is 18.7 Å². The molecule has 0 saturated carbocycles. The van der Waals surface area contributed by atoms with Gasteiger partial charge in [-0.3, -0.25) is 4.79 Å². The van der Waals surface area contributed by atoms with Crippen LogP contribution in [-0.2, 0) is 12.8 Å². The molecular weight excluding hydrogens is 391 g/mol. The summed E-state index contributed by atoms with van der Waals surface area (Å²) < 4.78 is 16.2. The van der Waals surface area contributed by atoms with Crippen molar-refractivity contribution in [1.29, 1.82) is 0 Å². The number of carbonyl (C=O) groups is 1. The van der Waals surface area contributed by atoms with Crippen molar-refractivity contribution < 1.29 is 9.18 Å². The molecule has 5 nitrogen and oxygen atoms in total. The third-order valence-electron chi connectivity index (χ3n) is 6.05. The van der Waals surface area contributed by atoms with E-state index in [4.69, 9.17) is 0 Å². The molecule has 1 N–H and O–H groups in total. The van der Waals surface area contributed by atoms with Crippen LogP contribution < -0.4 is 5.32 Å². The highest BCUT2D eigenvalue weighted by atomic mass is 35.5. The number of aromatic nitrogens is 2. The first-order valence-electron chi connectivity index (χ1n) is 10.5. The maximum absolute atomic E-state index is 14.6. The van der Waals surface area contributed by atoms with Crippen LogP contribution in [0.1, 0.15) is 53.5 Å². The number of likely N-dealkylation sites (tertiary alicyclic amines) is 1. The van der Waals surface area contributed by atoms with Gasteiger partial charge in [0.05, 0.1) is 0 Å². The van der Waals surface area contributed by atoms with E-state index in [0.717, 1.165) is 75.1 Å². The predicted molar refractivity (Wildman–Crippen MR) is 115 cm³/mol. The molecule has 7 heteroatoms. The fourth-order valence-corrected chi connectivity index (χ4v) is 4.43. The van der Waals surface area contributed by atoms with Crippen molar-refractivity contribution in [1.82, 2.24) is 20.0 Å². The lowest BCUT2D eigenvalue weighted by Crippen LogP contribution is -2.41. The Hall–Kier alpha value is -1.92. The molecule has 1 saturated heterocycles. The van der Waals surface area contributed by atoms with Crippen molar-refractivity contribution in [3.05, 3.63) is 46.5 Å². The van der Waals surface area contributed by atoms with Crippen molar-refractivity contribution in [3.8, 4) is 5.69 Å². The van der Waals surface area contributed by atoms with Crippen molar-refractivity contribution in [2.24, 2.45) is 5.92 Å². The Labute approximate surface area is 178 Å². The smallest absolute Gasteiger partial charge is 0.274 e. The van der Waals surface area contributed by atoms with Crippen LogP contribution >= 0.6 is 12.4 Å². The van der Waals surface area contributed by atoms with E-state index in [0.29, 0.717) is 17.3 Å². The van der Waals surface area contributed by atoms with Gasteiger partial charge >= 0.3 is 0 Å². The van der Waals surface area contributed by atoms with Crippen LogP contribution in [0.25, 0.3) is 5.69 Å². The van der Waals surface area contributed by atoms with E-state index in [1.54, 1.807) is 10.7 Å². The van der Waals surface area contributed by atoms with E-state index in [-0.39, 0.29) is 24.1 Å². The summed E-state index contributed by atoms with van der Waals surface area (Å²) in [6, 6.07) is 5.17. The molecule has 0 bridgehead atoms. The van der Waals surface area contributed by atoms with Gasteiger partial charge in [-0.15, -0.1) is 12.4 Å². The fraction of sp³-hybridized carbons (Fsp3) is 0.545. The Morgan fingerprint density at radius 3 is 2.72 bits per heavy atom. The zero-order valence-corrected chi connectivity index (χ0v) is 18.0. The van der Waals surface area contributed by atoms with E-state index in [2.05, 4.69) is 17.3 Å². The molecule has 0 atom stereocenters. The highest BCUT2D eigenvalue weighted by Gasteiger charge is 2.31. The molecule has 0 spiro atoms. The fourth-order valence-electron chi connectivity index (χ4n) is 4.43. The molecule has 0 radical (unpaired) electrons. The number of carbonyl (C=O) groups excluding carboxylic acids is 1. The lowest BCUT2D eigenvalue weighted by Gasteiger charge is -2.31. The molecule has 1 aromatic carbocycles. The second-order valence-corrected chi connectivity index (χ2v) is 8.04. The highest BCUT2D eigenvalue weighted by molar-refractivity contribution is 5.94. The van der Waals surface area contributed by atoms with Gasteiger partial charge in [0.25, 0.3) is 5.91 Å². The van der Waals surface area contributed by atoms with Gasteiger partial charge in [0.15, 0.2) is 5.69 Å². The van der Waals surface area contributed by atoms with Crippen LogP contribution in [-0.4, -0.2) is 46.8 Å². The zero-order valence-electron chi connectivity index (χ0n) is 17.2. The number of fused-ring (bicyclic) bond motifs is 1. The Morgan fingerprint density at radius 1 is 1.28 bits per heavy atom. The summed E-state index contributed by atoms with van der Waals surface area (Å²) in [4.78, 5) is 15.1. The second-order valence-electron chi connectivity index (χ2n) is 8.04. The van der Waals surface area contributed by atoms with E-state index in [1.165, 1.54) is 6.07 Å². The number of aryl methyl sites for hydroxylation is 1. The third kappa shape index (κ3) is 4.33. The minimum absolute atomic E-state index is 0. The van der Waals surface area contributed by atoms with Crippen LogP contribution in [0.2, 0.25) is 0 Å². The predicted octanol–water partition coefficient (Wildman–Crippen LogP) is 3.69. The summed E-state index contributed by atoms with van der Waals surface area (Å²) >= 11 is 0. The van der Waals surface area contributed by atoms with E-state index >= 15 is 0 Å². The zero-order chi connectivity index (χ0) is 19.7. The molecule has 1 aliphatic heterocycles. The summed E-state index contributed by atoms with van der Waals surface area (Å²) in [6.45, 7) is 7.54. The monoisotopic (exact) mass is 420 g/mol. The molecule has 2 aromatic rings. The summed E-state index contributed by atoms with van der Waals surface area (Å²) in [6.07, 6.45) is 4.72. The number of rotatable bonds is 5. The molecule has 1 fully saturated rings. The minimum Gasteiger partial charge on any atom is -0.337 e. The van der Waals surface area contributed by atoms with Crippen LogP contribution in [0.3, 0.4) is 0 Å². The summed E-state index contributed by atoms with van der Waals surface area (Å²) in [5, 5.41) is 8.01. The van der Waals surface area contributed by atoms with Gasteiger partial charge in [0.1, 0.15) is 11.5 Å². The van der Waals surface area contributed by atoms with Crippen molar-refractivity contribution in [2.45, 2.75) is 46.0 Å². The number of amides is 1. The molecule has 1 aliphatic carbocycles. The Kier molecular flexibility index (Phi) is 6.96. The number of halogens is 2. The first-order chi connectivity index (χ1) is 13.6. The van der Waals surface area contributed by atoms with Gasteiger partial charge in [-0.2, -0.15) is 5.10 Å². The van der Waals surface area contributed by atoms with E-state index in [9.17, 15) is 9.18 Å². The van der Waals surface area contributed by atoms with Gasteiger partial charge in [-0.1, -0.05) is 13.0 Å². The quantitative estimate of drug-likeness (QED) is 0.802. The number of nitrogens with one attached hydrogen (secondary N) is 1. The lowest BCUT2D eigenvalue weighted by molar-refractivity contribution is 0.0682. The highest BCUT2D eigenvalue weighted by Crippen LogP contribution is 2.30. The van der Waals surface area contributed by atoms with Crippen molar-refractivity contribution >= 4 is 18.3 Å². The molecule has 1 aromatic heterocycles. The second kappa shape index (κ2) is 9.26. The number of hydrogen-bond acceptors (Lipinski definition) is 3. The van der Waals surface area contributed by atoms with Crippen LogP contribution in [0.15, 0.2) is 18.2 Å². The number of hydrogen-bond donors (Lipinski definition) is 1. The summed E-state index contributed by atoms with van der Waals surface area (Å²) in [5.74, 6) is 0.348. The van der Waals surface area contributed by atoms with Crippen molar-refractivity contribution in [2.75, 3.05) is 26.2 Å². The normalized spacial score (nSPS) is 16.6. The number of benzene rings is 1. The SMILES string of the molecule is CCNCC1CCN(C(=O)c2nn(-c3ccc(C)cc3F)c3c2CCC3)CC1.Cl. The standard InChI is InChI=1S/C22H29FN4O.ClH/c1-3-24-14-16-9-11-26(12-10-16)22(28)21-17-5-4-6-19(17)27(25-21)20-8-7-15(2)13-18(20)23;/h7-8,13,16,24H,3-6,9-12,14H2,1-2H3;1H. The summed E-state index contributed by atoms with van der Waals surface area (Å²) in [7, 11) is 0. The molecule has 29 heavy (non-hydrogen) atoms. The minimum atomic E-state index is -0.291. The maximum Gasteiger partial charge on any atom is 0.274 e. The average molecular weight is 421 g/mol. The van der Waals surface area contributed by atoms with E-state index in [1.807, 2.05) is 17.9 Å². The average Bonchev–Trinajstić information content (AvgIpc) is 3.29. The van der Waals surface area contributed by atoms with Gasteiger partial charge < -0.3 is 10.2 Å². The summed E-state index contributed by atoms with van der Waals surface area (Å²) in [5.41, 5.74) is 3.85. The van der Waals surface area contributed by atoms with E-state index < -0.39 is 0 Å². The topological polar surface area (TPSA) is 50.2 Å². The number of nitrogens with zero attached hydrogens (tertiary/aromatic N) is 3. The molecule has 4 rings (SSSR count). The lowest BCUT2D eigenvalue weighted by atomic mass is 9.96. The largest absolute Gasteiger partial charge is 0.337 e. The van der Waals surface area contributed by atoms with Gasteiger partial charge in [-0.05, 0) is 75.7 Å². The first-order valence-corrected chi connectivity index (χ1v) is 10.5. The number of piperidine rings is 1. The van der Waals surface area contributed by atoms with Gasteiger partial charge in [0.2, 0.25) is 0 Å². The molecule has 2 heterocycles. The van der Waals surface area contributed by atoms with Gasteiger partial charge in [-0.25, -0.2) is 9.07 Å².